The van der Waals surface area contributed by atoms with Crippen LogP contribution in [0.4, 0.5) is 0 Å². The van der Waals surface area contributed by atoms with Gasteiger partial charge in [-0.2, -0.15) is 0 Å². The summed E-state index contributed by atoms with van der Waals surface area (Å²) in [6.07, 6.45) is 6.39. The van der Waals surface area contributed by atoms with Gasteiger partial charge in [-0.25, -0.2) is 0 Å². The molecule has 0 saturated heterocycles. The normalized spacial score (nSPS) is 25.4. The fourth-order valence-corrected chi connectivity index (χ4v) is 0.924. The topological polar surface area (TPSA) is 24.1 Å². The summed E-state index contributed by atoms with van der Waals surface area (Å²) in [5.74, 6) is 0. The van der Waals surface area contributed by atoms with Crippen molar-refractivity contribution in [3.63, 3.8) is 0 Å². The molecule has 1 unspecified atom stereocenters. The second kappa shape index (κ2) is 3.42. The van der Waals surface area contributed by atoms with Crippen LogP contribution in [0.1, 0.15) is 6.92 Å². The first-order valence-corrected chi connectivity index (χ1v) is 3.62. The van der Waals surface area contributed by atoms with Crippen molar-refractivity contribution in [2.45, 2.75) is 13.0 Å². The molecule has 0 fully saturated rings. The quantitative estimate of drug-likeness (QED) is 0.555. The van der Waals surface area contributed by atoms with Crippen molar-refractivity contribution >= 4 is 0 Å². The van der Waals surface area contributed by atoms with Gasteiger partial charge in [0.25, 0.3) is 0 Å². The highest BCUT2D eigenvalue weighted by atomic mass is 14.9. The Morgan fingerprint density at radius 2 is 2.50 bits per heavy atom. The first-order chi connectivity index (χ1) is 4.83. The van der Waals surface area contributed by atoms with Gasteiger partial charge in [-0.1, -0.05) is 6.08 Å². The second-order valence-corrected chi connectivity index (χ2v) is 2.47. The Kier molecular flexibility index (Phi) is 2.51. The van der Waals surface area contributed by atoms with Crippen molar-refractivity contribution in [2.24, 2.45) is 0 Å². The lowest BCUT2D eigenvalue weighted by Gasteiger charge is -2.02. The minimum atomic E-state index is 0.488. The van der Waals surface area contributed by atoms with E-state index in [1.54, 1.807) is 0 Å². The van der Waals surface area contributed by atoms with Crippen LogP contribution in [-0.2, 0) is 0 Å². The Labute approximate surface area is 62.0 Å². The van der Waals surface area contributed by atoms with Gasteiger partial charge in [0, 0.05) is 25.3 Å². The maximum atomic E-state index is 3.31. The third-order valence-electron chi connectivity index (χ3n) is 1.61. The second-order valence-electron chi connectivity index (χ2n) is 2.47. The van der Waals surface area contributed by atoms with Gasteiger partial charge >= 0.3 is 0 Å². The highest BCUT2D eigenvalue weighted by Gasteiger charge is 1.98. The third-order valence-corrected chi connectivity index (χ3v) is 1.61. The van der Waals surface area contributed by atoms with Gasteiger partial charge < -0.3 is 10.6 Å². The first-order valence-electron chi connectivity index (χ1n) is 3.62. The molecule has 1 aliphatic heterocycles. The van der Waals surface area contributed by atoms with Crippen LogP contribution in [0.15, 0.2) is 23.9 Å². The monoisotopic (exact) mass is 138 g/mol. The number of hydrogen-bond donors (Lipinski definition) is 2. The molecular formula is C8H14N2. The van der Waals surface area contributed by atoms with E-state index in [1.165, 1.54) is 5.70 Å². The van der Waals surface area contributed by atoms with Crippen LogP contribution < -0.4 is 10.6 Å². The standard InChI is InChI=1S/C8H14N2/c1-7-3-4-8(9-2)5-6-10-7/h3-5,7,9-10H,6H2,1-2H3. The lowest BCUT2D eigenvalue weighted by Crippen LogP contribution is -2.22. The smallest absolute Gasteiger partial charge is 0.0307 e. The first kappa shape index (κ1) is 7.35. The van der Waals surface area contributed by atoms with Gasteiger partial charge in [-0.05, 0) is 19.1 Å². The Morgan fingerprint density at radius 1 is 1.70 bits per heavy atom. The largest absolute Gasteiger partial charge is 0.388 e. The minimum absolute atomic E-state index is 0.488. The van der Waals surface area contributed by atoms with E-state index in [9.17, 15) is 0 Å². The SMILES string of the molecule is CNC1=CCNC(C)C=C1. The van der Waals surface area contributed by atoms with E-state index in [-0.39, 0.29) is 0 Å². The third kappa shape index (κ3) is 1.88. The van der Waals surface area contributed by atoms with E-state index in [4.69, 9.17) is 0 Å². The molecule has 0 spiro atoms. The molecule has 1 rings (SSSR count). The molecule has 2 heteroatoms. The summed E-state index contributed by atoms with van der Waals surface area (Å²) in [5.41, 5.74) is 1.19. The summed E-state index contributed by atoms with van der Waals surface area (Å²) in [7, 11) is 1.94. The number of hydrogen-bond acceptors (Lipinski definition) is 2. The molecule has 0 aromatic carbocycles. The van der Waals surface area contributed by atoms with Crippen LogP contribution in [0.2, 0.25) is 0 Å². The number of rotatable bonds is 1. The predicted molar refractivity (Wildman–Crippen MR) is 43.7 cm³/mol. The minimum Gasteiger partial charge on any atom is -0.388 e. The van der Waals surface area contributed by atoms with Crippen molar-refractivity contribution in [2.75, 3.05) is 13.6 Å². The number of allylic oxidation sites excluding steroid dienone is 1. The molecule has 56 valence electrons. The molecule has 1 heterocycles. The zero-order chi connectivity index (χ0) is 7.40. The number of nitrogens with one attached hydrogen (secondary N) is 2. The molecule has 0 saturated carbocycles. The Bertz CT molecular complexity index is 159. The van der Waals surface area contributed by atoms with E-state index in [2.05, 4.69) is 35.8 Å². The highest BCUT2D eigenvalue weighted by molar-refractivity contribution is 5.20. The van der Waals surface area contributed by atoms with Gasteiger partial charge in [0.15, 0.2) is 0 Å². The molecule has 0 amide bonds. The Balaban J connectivity index is 2.57. The summed E-state index contributed by atoms with van der Waals surface area (Å²) < 4.78 is 0. The molecule has 0 aliphatic carbocycles. The molecule has 1 aliphatic rings. The zero-order valence-electron chi connectivity index (χ0n) is 6.52. The lowest BCUT2D eigenvalue weighted by molar-refractivity contribution is 0.689. The van der Waals surface area contributed by atoms with Crippen LogP contribution in [-0.4, -0.2) is 19.6 Å². The van der Waals surface area contributed by atoms with Gasteiger partial charge in [0.2, 0.25) is 0 Å². The summed E-state index contributed by atoms with van der Waals surface area (Å²) in [6, 6.07) is 0.488. The highest BCUT2D eigenvalue weighted by Crippen LogP contribution is 1.97. The molecule has 0 radical (unpaired) electrons. The van der Waals surface area contributed by atoms with Gasteiger partial charge in [-0.3, -0.25) is 0 Å². The lowest BCUT2D eigenvalue weighted by atomic mass is 10.3. The van der Waals surface area contributed by atoms with Crippen molar-refractivity contribution in [1.82, 2.24) is 10.6 Å². The van der Waals surface area contributed by atoms with Crippen LogP contribution in [0, 0.1) is 0 Å². The van der Waals surface area contributed by atoms with Gasteiger partial charge in [-0.15, -0.1) is 0 Å². The van der Waals surface area contributed by atoms with Crippen LogP contribution in [0.5, 0.6) is 0 Å². The van der Waals surface area contributed by atoms with Crippen molar-refractivity contribution in [1.29, 1.82) is 0 Å². The summed E-state index contributed by atoms with van der Waals surface area (Å²) in [6.45, 7) is 3.09. The van der Waals surface area contributed by atoms with Crippen molar-refractivity contribution < 1.29 is 0 Å². The average Bonchev–Trinajstić information content (AvgIpc) is 2.14. The van der Waals surface area contributed by atoms with Gasteiger partial charge in [0.1, 0.15) is 0 Å². The van der Waals surface area contributed by atoms with E-state index in [0.717, 1.165) is 6.54 Å². The summed E-state index contributed by atoms with van der Waals surface area (Å²) in [4.78, 5) is 0. The van der Waals surface area contributed by atoms with Crippen LogP contribution in [0.25, 0.3) is 0 Å². The van der Waals surface area contributed by atoms with Crippen LogP contribution >= 0.6 is 0 Å². The van der Waals surface area contributed by atoms with E-state index < -0.39 is 0 Å². The summed E-state index contributed by atoms with van der Waals surface area (Å²) >= 11 is 0. The predicted octanol–water partition coefficient (Wildman–Crippen LogP) is 0.638. The Morgan fingerprint density at radius 3 is 3.20 bits per heavy atom. The fourth-order valence-electron chi connectivity index (χ4n) is 0.924. The molecule has 0 bridgehead atoms. The zero-order valence-corrected chi connectivity index (χ0v) is 6.52. The molecule has 2 N–H and O–H groups in total. The van der Waals surface area contributed by atoms with Gasteiger partial charge in [0.05, 0.1) is 0 Å². The maximum absolute atomic E-state index is 3.31. The van der Waals surface area contributed by atoms with Crippen molar-refractivity contribution in [3.05, 3.63) is 23.9 Å². The number of likely N-dealkylation sites (N-methyl/N-ethyl adjacent to an activating group) is 1. The molecule has 0 aromatic rings. The Hall–Kier alpha value is -0.760. The van der Waals surface area contributed by atoms with Crippen molar-refractivity contribution in [3.8, 4) is 0 Å². The molecule has 0 aromatic heterocycles. The average molecular weight is 138 g/mol. The molecule has 10 heavy (non-hydrogen) atoms. The van der Waals surface area contributed by atoms with E-state index in [0.29, 0.717) is 6.04 Å². The van der Waals surface area contributed by atoms with E-state index in [1.807, 2.05) is 7.05 Å². The van der Waals surface area contributed by atoms with Crippen LogP contribution in [0.3, 0.4) is 0 Å². The molecule has 2 nitrogen and oxygen atoms in total. The summed E-state index contributed by atoms with van der Waals surface area (Å²) in [5, 5.41) is 6.40. The maximum Gasteiger partial charge on any atom is 0.0307 e. The molecule has 1 atom stereocenters. The van der Waals surface area contributed by atoms with E-state index >= 15 is 0 Å². The molecular weight excluding hydrogens is 124 g/mol. The fraction of sp³-hybridized carbons (Fsp3) is 0.500.